The highest BCUT2D eigenvalue weighted by molar-refractivity contribution is 5.79. The molecule has 5 heteroatoms. The number of hydrogen-bond donors (Lipinski definition) is 0. The van der Waals surface area contributed by atoms with E-state index in [1.807, 2.05) is 25.7 Å². The molecule has 2 nitrogen and oxygen atoms in total. The average Bonchev–Trinajstić information content (AvgIpc) is 2.28. The summed E-state index contributed by atoms with van der Waals surface area (Å²) >= 11 is 0. The van der Waals surface area contributed by atoms with Crippen molar-refractivity contribution in [2.24, 2.45) is 0 Å². The van der Waals surface area contributed by atoms with E-state index in [1.54, 1.807) is 6.07 Å². The first-order chi connectivity index (χ1) is 8.31. The molecule has 1 aromatic rings. The molecule has 0 radical (unpaired) electrons. The van der Waals surface area contributed by atoms with Gasteiger partial charge in [-0.2, -0.15) is 13.2 Å². The standard InChI is InChI=1S/C13H16F3NO/c1-4-17(9(2)3)11-6-5-10(8-18)12(7-11)13(14,15)16/h5-9H,4H2,1-3H3. The Bertz CT molecular complexity index is 427. The Hall–Kier alpha value is -1.52. The fourth-order valence-corrected chi connectivity index (χ4v) is 1.92. The number of anilines is 1. The molecule has 0 N–H and O–H groups in total. The lowest BCUT2D eigenvalue weighted by atomic mass is 10.1. The predicted molar refractivity (Wildman–Crippen MR) is 65.0 cm³/mol. The van der Waals surface area contributed by atoms with Crippen LogP contribution in [0, 0.1) is 0 Å². The molecule has 0 fully saturated rings. The lowest BCUT2D eigenvalue weighted by molar-refractivity contribution is -0.137. The van der Waals surface area contributed by atoms with Gasteiger partial charge < -0.3 is 4.90 Å². The van der Waals surface area contributed by atoms with Gasteiger partial charge in [0.2, 0.25) is 0 Å². The van der Waals surface area contributed by atoms with Gasteiger partial charge in [0.15, 0.2) is 6.29 Å². The summed E-state index contributed by atoms with van der Waals surface area (Å²) in [7, 11) is 0. The van der Waals surface area contributed by atoms with Crippen LogP contribution in [0.5, 0.6) is 0 Å². The Morgan fingerprint density at radius 2 is 1.94 bits per heavy atom. The zero-order valence-electron chi connectivity index (χ0n) is 10.6. The number of halogens is 3. The third kappa shape index (κ3) is 3.03. The maximum atomic E-state index is 12.8. The van der Waals surface area contributed by atoms with Crippen LogP contribution in [0.15, 0.2) is 18.2 Å². The Morgan fingerprint density at radius 1 is 1.33 bits per heavy atom. The van der Waals surface area contributed by atoms with Crippen LogP contribution in [-0.4, -0.2) is 18.9 Å². The number of hydrogen-bond acceptors (Lipinski definition) is 2. The van der Waals surface area contributed by atoms with E-state index in [4.69, 9.17) is 0 Å². The first-order valence-corrected chi connectivity index (χ1v) is 5.74. The Labute approximate surface area is 104 Å². The molecule has 100 valence electrons. The number of carbonyl (C=O) groups is 1. The maximum absolute atomic E-state index is 12.8. The number of aldehydes is 1. The molecule has 1 aromatic carbocycles. The molecule has 0 saturated carbocycles. The number of benzene rings is 1. The van der Waals surface area contributed by atoms with Gasteiger partial charge >= 0.3 is 6.18 Å². The summed E-state index contributed by atoms with van der Waals surface area (Å²) < 4.78 is 38.4. The molecule has 0 aliphatic rings. The van der Waals surface area contributed by atoms with Crippen molar-refractivity contribution in [3.05, 3.63) is 29.3 Å². The van der Waals surface area contributed by atoms with E-state index in [0.29, 0.717) is 12.2 Å². The van der Waals surface area contributed by atoms with Crippen LogP contribution in [0.3, 0.4) is 0 Å². The summed E-state index contributed by atoms with van der Waals surface area (Å²) in [6, 6.07) is 3.89. The van der Waals surface area contributed by atoms with Crippen molar-refractivity contribution < 1.29 is 18.0 Å². The Morgan fingerprint density at radius 3 is 2.33 bits per heavy atom. The maximum Gasteiger partial charge on any atom is 0.417 e. The molecule has 0 saturated heterocycles. The molecule has 0 spiro atoms. The van der Waals surface area contributed by atoms with Crippen LogP contribution in [-0.2, 0) is 6.18 Å². The van der Waals surface area contributed by atoms with Gasteiger partial charge in [0.05, 0.1) is 5.56 Å². The lowest BCUT2D eigenvalue weighted by Gasteiger charge is -2.28. The topological polar surface area (TPSA) is 20.3 Å². The van der Waals surface area contributed by atoms with E-state index in [1.165, 1.54) is 6.07 Å². The first kappa shape index (κ1) is 14.5. The van der Waals surface area contributed by atoms with Crippen molar-refractivity contribution in [2.45, 2.75) is 33.0 Å². The smallest absolute Gasteiger partial charge is 0.369 e. The van der Waals surface area contributed by atoms with Crippen molar-refractivity contribution in [2.75, 3.05) is 11.4 Å². The van der Waals surface area contributed by atoms with E-state index >= 15 is 0 Å². The van der Waals surface area contributed by atoms with E-state index in [0.717, 1.165) is 6.07 Å². The molecule has 0 heterocycles. The molecular weight excluding hydrogens is 243 g/mol. The molecule has 0 amide bonds. The zero-order valence-corrected chi connectivity index (χ0v) is 10.6. The van der Waals surface area contributed by atoms with Crippen LogP contribution >= 0.6 is 0 Å². The fourth-order valence-electron chi connectivity index (χ4n) is 1.92. The Balaban J connectivity index is 3.30. The average molecular weight is 259 g/mol. The monoisotopic (exact) mass is 259 g/mol. The summed E-state index contributed by atoms with van der Waals surface area (Å²) in [5.74, 6) is 0. The van der Waals surface area contributed by atoms with Gasteiger partial charge in [-0.1, -0.05) is 0 Å². The van der Waals surface area contributed by atoms with Crippen LogP contribution < -0.4 is 4.90 Å². The van der Waals surface area contributed by atoms with Crippen molar-refractivity contribution >= 4 is 12.0 Å². The van der Waals surface area contributed by atoms with Gasteiger partial charge in [-0.15, -0.1) is 0 Å². The number of nitrogens with zero attached hydrogens (tertiary/aromatic N) is 1. The summed E-state index contributed by atoms with van der Waals surface area (Å²) in [5.41, 5.74) is -0.731. The molecular formula is C13H16F3NO. The van der Waals surface area contributed by atoms with Gasteiger partial charge in [-0.05, 0) is 39.0 Å². The molecule has 0 atom stereocenters. The van der Waals surface area contributed by atoms with E-state index < -0.39 is 11.7 Å². The van der Waals surface area contributed by atoms with Crippen LogP contribution in [0.4, 0.5) is 18.9 Å². The molecule has 0 bridgehead atoms. The highest BCUT2D eigenvalue weighted by atomic mass is 19.4. The minimum absolute atomic E-state index is 0.0955. The van der Waals surface area contributed by atoms with Crippen LogP contribution in [0.2, 0.25) is 0 Å². The molecule has 0 unspecified atom stereocenters. The van der Waals surface area contributed by atoms with Gasteiger partial charge in [-0.25, -0.2) is 0 Å². The molecule has 0 aromatic heterocycles. The summed E-state index contributed by atoms with van der Waals surface area (Å²) in [4.78, 5) is 12.5. The second kappa shape index (κ2) is 5.42. The fraction of sp³-hybridized carbons (Fsp3) is 0.462. The van der Waals surface area contributed by atoms with Gasteiger partial charge in [-0.3, -0.25) is 4.79 Å². The zero-order chi connectivity index (χ0) is 13.9. The molecule has 0 aliphatic carbocycles. The van der Waals surface area contributed by atoms with E-state index in [-0.39, 0.29) is 17.9 Å². The summed E-state index contributed by atoms with van der Waals surface area (Å²) in [6.45, 7) is 6.30. The van der Waals surface area contributed by atoms with Crippen LogP contribution in [0.25, 0.3) is 0 Å². The lowest BCUT2D eigenvalue weighted by Crippen LogP contribution is -2.30. The van der Waals surface area contributed by atoms with Crippen molar-refractivity contribution in [1.29, 1.82) is 0 Å². The normalized spacial score (nSPS) is 11.7. The second-order valence-electron chi connectivity index (χ2n) is 4.27. The van der Waals surface area contributed by atoms with Crippen molar-refractivity contribution in [1.82, 2.24) is 0 Å². The quantitative estimate of drug-likeness (QED) is 0.767. The minimum atomic E-state index is -4.51. The Kier molecular flexibility index (Phi) is 4.38. The third-order valence-electron chi connectivity index (χ3n) is 2.76. The van der Waals surface area contributed by atoms with E-state index in [9.17, 15) is 18.0 Å². The number of rotatable bonds is 4. The van der Waals surface area contributed by atoms with Gasteiger partial charge in [0, 0.05) is 23.8 Å². The highest BCUT2D eigenvalue weighted by Crippen LogP contribution is 2.34. The second-order valence-corrected chi connectivity index (χ2v) is 4.27. The molecule has 18 heavy (non-hydrogen) atoms. The minimum Gasteiger partial charge on any atom is -0.369 e. The van der Waals surface area contributed by atoms with Gasteiger partial charge in [0.1, 0.15) is 0 Å². The van der Waals surface area contributed by atoms with E-state index in [2.05, 4.69) is 0 Å². The third-order valence-corrected chi connectivity index (χ3v) is 2.76. The number of carbonyl (C=O) groups excluding carboxylic acids is 1. The summed E-state index contributed by atoms with van der Waals surface area (Å²) in [6.07, 6.45) is -4.28. The molecule has 0 aliphatic heterocycles. The van der Waals surface area contributed by atoms with Crippen molar-refractivity contribution in [3.63, 3.8) is 0 Å². The highest BCUT2D eigenvalue weighted by Gasteiger charge is 2.34. The predicted octanol–water partition coefficient (Wildman–Crippen LogP) is 3.75. The number of alkyl halides is 3. The van der Waals surface area contributed by atoms with Crippen molar-refractivity contribution in [3.8, 4) is 0 Å². The first-order valence-electron chi connectivity index (χ1n) is 5.74. The van der Waals surface area contributed by atoms with Gasteiger partial charge in [0.25, 0.3) is 0 Å². The summed E-state index contributed by atoms with van der Waals surface area (Å²) in [5, 5.41) is 0. The molecule has 1 rings (SSSR count). The largest absolute Gasteiger partial charge is 0.417 e. The van der Waals surface area contributed by atoms with Crippen LogP contribution in [0.1, 0.15) is 36.7 Å². The SMILES string of the molecule is CCN(c1ccc(C=O)c(C(F)(F)F)c1)C(C)C.